The molecule has 0 aliphatic carbocycles. The molecular weight excluding hydrogens is 280 g/mol. The lowest BCUT2D eigenvalue weighted by Gasteiger charge is -2.24. The van der Waals surface area contributed by atoms with Crippen molar-refractivity contribution in [3.05, 3.63) is 58.6 Å². The van der Waals surface area contributed by atoms with Crippen LogP contribution in [0.2, 0.25) is 5.02 Å². The number of hydrogen-bond donors (Lipinski definition) is 1. The Morgan fingerprint density at radius 2 is 1.95 bits per heavy atom. The van der Waals surface area contributed by atoms with Gasteiger partial charge in [-0.3, -0.25) is 0 Å². The van der Waals surface area contributed by atoms with Crippen molar-refractivity contribution in [2.24, 2.45) is 0 Å². The predicted octanol–water partition coefficient (Wildman–Crippen LogP) is 4.53. The highest BCUT2D eigenvalue weighted by Gasteiger charge is 2.23. The Labute approximate surface area is 131 Å². The van der Waals surface area contributed by atoms with E-state index in [1.54, 1.807) is 0 Å². The van der Waals surface area contributed by atoms with Crippen molar-refractivity contribution in [1.29, 1.82) is 0 Å². The summed E-state index contributed by atoms with van der Waals surface area (Å²) in [4.78, 5) is 2.36. The van der Waals surface area contributed by atoms with Crippen LogP contribution in [-0.2, 0) is 13.0 Å². The topological polar surface area (TPSA) is 15.3 Å². The largest absolute Gasteiger partial charge is 0.339 e. The molecule has 3 heteroatoms. The number of benzene rings is 2. The maximum Gasteiger partial charge on any atom is 0.0646 e. The van der Waals surface area contributed by atoms with Crippen molar-refractivity contribution in [2.75, 3.05) is 11.4 Å². The van der Waals surface area contributed by atoms with Crippen LogP contribution in [0.5, 0.6) is 0 Å². The predicted molar refractivity (Wildman–Crippen MR) is 90.6 cm³/mol. The van der Waals surface area contributed by atoms with Crippen LogP contribution in [0, 0.1) is 0 Å². The van der Waals surface area contributed by atoms with E-state index in [1.807, 2.05) is 12.1 Å². The first-order valence-corrected chi connectivity index (χ1v) is 7.91. The molecule has 0 amide bonds. The molecule has 0 bridgehead atoms. The first-order chi connectivity index (χ1) is 10.2. The van der Waals surface area contributed by atoms with Crippen molar-refractivity contribution in [2.45, 2.75) is 32.9 Å². The average Bonchev–Trinajstić information content (AvgIpc) is 2.89. The third-order valence-electron chi connectivity index (χ3n) is 3.93. The number of rotatable bonds is 4. The summed E-state index contributed by atoms with van der Waals surface area (Å²) in [6, 6.07) is 15.2. The Hall–Kier alpha value is -1.51. The molecule has 110 valence electrons. The molecule has 0 aromatic heterocycles. The number of fused-ring (bicyclic) bond motifs is 1. The average molecular weight is 301 g/mol. The van der Waals surface area contributed by atoms with Gasteiger partial charge < -0.3 is 10.2 Å². The van der Waals surface area contributed by atoms with Crippen LogP contribution in [0.25, 0.3) is 0 Å². The second-order valence-corrected chi connectivity index (χ2v) is 6.22. The minimum Gasteiger partial charge on any atom is -0.339 e. The number of nitrogens with one attached hydrogen (secondary N) is 1. The van der Waals surface area contributed by atoms with Gasteiger partial charge in [0.05, 0.1) is 10.7 Å². The molecule has 1 heterocycles. The van der Waals surface area contributed by atoms with E-state index in [9.17, 15) is 0 Å². The highest BCUT2D eigenvalue weighted by Crippen LogP contribution is 2.40. The first-order valence-electron chi connectivity index (χ1n) is 7.53. The molecule has 2 aromatic rings. The fourth-order valence-corrected chi connectivity index (χ4v) is 3.19. The fourth-order valence-electron chi connectivity index (χ4n) is 2.89. The van der Waals surface area contributed by atoms with Gasteiger partial charge in [0.25, 0.3) is 0 Å². The molecule has 2 aromatic carbocycles. The maximum atomic E-state index is 6.52. The first kappa shape index (κ1) is 14.4. The standard InChI is InChI=1S/C18H21ClN2/c1-13(2)20-12-15-7-5-8-16(19)18(15)21-11-10-14-6-3-4-9-17(14)21/h3-9,13,20H,10-12H2,1-2H3. The number of hydrogen-bond acceptors (Lipinski definition) is 2. The molecule has 0 spiro atoms. The van der Waals surface area contributed by atoms with Crippen molar-refractivity contribution in [1.82, 2.24) is 5.32 Å². The van der Waals surface area contributed by atoms with Crippen LogP contribution < -0.4 is 10.2 Å². The van der Waals surface area contributed by atoms with Crippen LogP contribution in [0.3, 0.4) is 0 Å². The van der Waals surface area contributed by atoms with Crippen molar-refractivity contribution in [3.8, 4) is 0 Å². The number of anilines is 2. The van der Waals surface area contributed by atoms with E-state index in [0.29, 0.717) is 6.04 Å². The van der Waals surface area contributed by atoms with Gasteiger partial charge in [-0.25, -0.2) is 0 Å². The lowest BCUT2D eigenvalue weighted by Crippen LogP contribution is -2.24. The molecule has 1 aliphatic rings. The van der Waals surface area contributed by atoms with Gasteiger partial charge in [-0.05, 0) is 29.7 Å². The zero-order valence-electron chi connectivity index (χ0n) is 12.6. The highest BCUT2D eigenvalue weighted by atomic mass is 35.5. The Balaban J connectivity index is 1.99. The van der Waals surface area contributed by atoms with Gasteiger partial charge in [-0.15, -0.1) is 0 Å². The Morgan fingerprint density at radius 1 is 1.14 bits per heavy atom. The summed E-state index contributed by atoms with van der Waals surface area (Å²) in [5, 5.41) is 4.32. The van der Waals surface area contributed by atoms with E-state index < -0.39 is 0 Å². The zero-order valence-corrected chi connectivity index (χ0v) is 13.3. The molecule has 0 radical (unpaired) electrons. The molecule has 2 nitrogen and oxygen atoms in total. The smallest absolute Gasteiger partial charge is 0.0646 e. The summed E-state index contributed by atoms with van der Waals surface area (Å²) in [5.41, 5.74) is 5.10. The third kappa shape index (κ3) is 2.92. The van der Waals surface area contributed by atoms with Gasteiger partial charge in [0.15, 0.2) is 0 Å². The molecule has 21 heavy (non-hydrogen) atoms. The van der Waals surface area contributed by atoms with E-state index in [-0.39, 0.29) is 0 Å². The van der Waals surface area contributed by atoms with Crippen LogP contribution >= 0.6 is 11.6 Å². The van der Waals surface area contributed by atoms with Crippen LogP contribution in [-0.4, -0.2) is 12.6 Å². The lowest BCUT2D eigenvalue weighted by atomic mass is 10.1. The second-order valence-electron chi connectivity index (χ2n) is 5.81. The highest BCUT2D eigenvalue weighted by molar-refractivity contribution is 6.33. The Morgan fingerprint density at radius 3 is 2.76 bits per heavy atom. The lowest BCUT2D eigenvalue weighted by molar-refractivity contribution is 0.589. The number of para-hydroxylation sites is 2. The van der Waals surface area contributed by atoms with Gasteiger partial charge in [-0.2, -0.15) is 0 Å². The van der Waals surface area contributed by atoms with Gasteiger partial charge in [0.1, 0.15) is 0 Å². The minimum absolute atomic E-state index is 0.461. The summed E-state index contributed by atoms with van der Waals surface area (Å²) < 4.78 is 0. The Bertz CT molecular complexity index is 637. The van der Waals surface area contributed by atoms with E-state index in [1.165, 1.54) is 16.8 Å². The van der Waals surface area contributed by atoms with Crippen LogP contribution in [0.4, 0.5) is 11.4 Å². The molecule has 0 saturated carbocycles. The van der Waals surface area contributed by atoms with E-state index in [4.69, 9.17) is 11.6 Å². The molecule has 1 aliphatic heterocycles. The SMILES string of the molecule is CC(C)NCc1cccc(Cl)c1N1CCc2ccccc21. The van der Waals surface area contributed by atoms with E-state index in [2.05, 4.69) is 54.4 Å². The fraction of sp³-hybridized carbons (Fsp3) is 0.333. The minimum atomic E-state index is 0.461. The molecule has 1 N–H and O–H groups in total. The third-order valence-corrected chi connectivity index (χ3v) is 4.23. The number of halogens is 1. The van der Waals surface area contributed by atoms with Gasteiger partial charge in [0.2, 0.25) is 0 Å². The van der Waals surface area contributed by atoms with E-state index >= 15 is 0 Å². The van der Waals surface area contributed by atoms with Crippen molar-refractivity contribution >= 4 is 23.0 Å². The molecule has 0 unspecified atom stereocenters. The quantitative estimate of drug-likeness (QED) is 0.892. The zero-order chi connectivity index (χ0) is 14.8. The summed E-state index contributed by atoms with van der Waals surface area (Å²) in [7, 11) is 0. The molecule has 3 rings (SSSR count). The molecule has 0 atom stereocenters. The van der Waals surface area contributed by atoms with Crippen LogP contribution in [0.1, 0.15) is 25.0 Å². The Kier molecular flexibility index (Phi) is 4.18. The van der Waals surface area contributed by atoms with Crippen LogP contribution in [0.15, 0.2) is 42.5 Å². The van der Waals surface area contributed by atoms with Gasteiger partial charge in [-0.1, -0.05) is 55.8 Å². The van der Waals surface area contributed by atoms with Crippen molar-refractivity contribution in [3.63, 3.8) is 0 Å². The van der Waals surface area contributed by atoms with E-state index in [0.717, 1.165) is 30.2 Å². The van der Waals surface area contributed by atoms with Gasteiger partial charge in [0, 0.05) is 24.8 Å². The summed E-state index contributed by atoms with van der Waals surface area (Å²) in [5.74, 6) is 0. The monoisotopic (exact) mass is 300 g/mol. The summed E-state index contributed by atoms with van der Waals surface area (Å²) in [6.45, 7) is 6.16. The molecule has 0 saturated heterocycles. The maximum absolute atomic E-state index is 6.52. The number of nitrogens with zero attached hydrogens (tertiary/aromatic N) is 1. The van der Waals surface area contributed by atoms with Crippen molar-refractivity contribution < 1.29 is 0 Å². The molecule has 0 fully saturated rings. The molecular formula is C18H21ClN2. The summed E-state index contributed by atoms with van der Waals surface area (Å²) in [6.07, 6.45) is 1.08. The normalized spacial score (nSPS) is 13.8. The second kappa shape index (κ2) is 6.08. The summed E-state index contributed by atoms with van der Waals surface area (Å²) >= 11 is 6.52. The van der Waals surface area contributed by atoms with Gasteiger partial charge >= 0.3 is 0 Å².